The van der Waals surface area contributed by atoms with E-state index in [1.54, 1.807) is 11.7 Å². The number of methoxy groups -OCH3 is 1. The predicted molar refractivity (Wildman–Crippen MR) is 156 cm³/mol. The quantitative estimate of drug-likeness (QED) is 0.186. The molecule has 2 heterocycles. The van der Waals surface area contributed by atoms with Crippen molar-refractivity contribution in [3.05, 3.63) is 132 Å². The molecule has 3 N–H and O–H groups in total. The van der Waals surface area contributed by atoms with Crippen LogP contribution in [0.5, 0.6) is 5.75 Å². The standard InChI is InChI=1S/C33H31FN4O3/c1-21-26(18-39)27(30(21)38-17-28(34)29-31(35)36-20-37-32(29)38)19-41-33(22-9-5-3-6-10-22,23-11-7-4-8-12-23)24-13-15-25(40-2)16-14-24/h3-17,20,26-27,30,39H,1,18-19H2,2H3,(H2,35,36,37)/t26-,27+,30+/m0/s1. The van der Waals surface area contributed by atoms with Crippen LogP contribution in [0, 0.1) is 17.7 Å². The summed E-state index contributed by atoms with van der Waals surface area (Å²) < 4.78 is 29.3. The fourth-order valence-corrected chi connectivity index (χ4v) is 6.13. The third kappa shape index (κ3) is 4.36. The lowest BCUT2D eigenvalue weighted by atomic mass is 9.66. The number of aliphatic hydroxyl groups is 1. The smallest absolute Gasteiger partial charge is 0.154 e. The maximum absolute atomic E-state index is 15.0. The van der Waals surface area contributed by atoms with Gasteiger partial charge in [-0.15, -0.1) is 0 Å². The van der Waals surface area contributed by atoms with E-state index in [1.807, 2.05) is 84.9 Å². The number of halogens is 1. The zero-order valence-corrected chi connectivity index (χ0v) is 22.7. The average Bonchev–Trinajstić information content (AvgIpc) is 3.34. The number of fused-ring (bicyclic) bond motifs is 1. The second kappa shape index (κ2) is 10.8. The van der Waals surface area contributed by atoms with E-state index in [0.717, 1.165) is 28.0 Å². The highest BCUT2D eigenvalue weighted by molar-refractivity contribution is 5.87. The molecule has 0 amide bonds. The third-order valence-corrected chi connectivity index (χ3v) is 8.22. The van der Waals surface area contributed by atoms with E-state index < -0.39 is 11.4 Å². The molecular weight excluding hydrogens is 519 g/mol. The Hall–Kier alpha value is -4.53. The van der Waals surface area contributed by atoms with Gasteiger partial charge in [0.1, 0.15) is 29.1 Å². The molecule has 6 rings (SSSR count). The first-order chi connectivity index (χ1) is 20.0. The van der Waals surface area contributed by atoms with Crippen LogP contribution >= 0.6 is 0 Å². The van der Waals surface area contributed by atoms with E-state index in [4.69, 9.17) is 15.2 Å². The Bertz CT molecular complexity index is 1630. The van der Waals surface area contributed by atoms with Gasteiger partial charge in [-0.05, 0) is 34.4 Å². The number of benzene rings is 3. The summed E-state index contributed by atoms with van der Waals surface area (Å²) in [6.07, 6.45) is 2.71. The number of nitrogens with two attached hydrogens (primary N) is 1. The molecule has 0 unspecified atom stereocenters. The molecule has 208 valence electrons. The van der Waals surface area contributed by atoms with Crippen molar-refractivity contribution in [2.24, 2.45) is 11.8 Å². The van der Waals surface area contributed by atoms with E-state index in [9.17, 15) is 5.11 Å². The van der Waals surface area contributed by atoms with Crippen molar-refractivity contribution in [1.82, 2.24) is 14.5 Å². The highest BCUT2D eigenvalue weighted by Gasteiger charge is 2.48. The van der Waals surface area contributed by atoms with Crippen LogP contribution in [0.25, 0.3) is 11.0 Å². The van der Waals surface area contributed by atoms with Gasteiger partial charge in [-0.1, -0.05) is 79.4 Å². The third-order valence-electron chi connectivity index (χ3n) is 8.22. The Balaban J connectivity index is 1.45. The van der Waals surface area contributed by atoms with Crippen LogP contribution in [0.15, 0.2) is 110 Å². The lowest BCUT2D eigenvalue weighted by Crippen LogP contribution is -2.47. The van der Waals surface area contributed by atoms with Crippen LogP contribution < -0.4 is 10.5 Å². The molecule has 8 heteroatoms. The first kappa shape index (κ1) is 26.7. The minimum absolute atomic E-state index is 0.0781. The van der Waals surface area contributed by atoms with Gasteiger partial charge < -0.3 is 24.9 Å². The van der Waals surface area contributed by atoms with Crippen molar-refractivity contribution in [3.8, 4) is 5.75 Å². The Kier molecular flexibility index (Phi) is 7.03. The lowest BCUT2D eigenvalue weighted by Gasteiger charge is -2.48. The van der Waals surface area contributed by atoms with Crippen molar-refractivity contribution in [1.29, 1.82) is 0 Å². The van der Waals surface area contributed by atoms with Crippen molar-refractivity contribution < 1.29 is 19.0 Å². The maximum Gasteiger partial charge on any atom is 0.154 e. The van der Waals surface area contributed by atoms with Gasteiger partial charge in [-0.2, -0.15) is 0 Å². The van der Waals surface area contributed by atoms with E-state index in [2.05, 4.69) is 16.5 Å². The van der Waals surface area contributed by atoms with Gasteiger partial charge >= 0.3 is 0 Å². The minimum Gasteiger partial charge on any atom is -0.497 e. The SMILES string of the molecule is C=C1[C@@H](n2cc(F)c3c(N)ncnc32)[C@H](COC(c2ccccc2)(c2ccccc2)c2ccc(OC)cc2)[C@H]1CO. The highest BCUT2D eigenvalue weighted by atomic mass is 19.1. The summed E-state index contributed by atoms with van der Waals surface area (Å²) in [5.74, 6) is -0.140. The van der Waals surface area contributed by atoms with Gasteiger partial charge in [0.05, 0.1) is 31.8 Å². The summed E-state index contributed by atoms with van der Waals surface area (Å²) in [6, 6.07) is 27.6. The van der Waals surface area contributed by atoms with Gasteiger partial charge in [0.15, 0.2) is 5.82 Å². The number of nitrogens with zero attached hydrogens (tertiary/aromatic N) is 3. The van der Waals surface area contributed by atoms with Crippen LogP contribution in [0.1, 0.15) is 22.7 Å². The number of hydrogen-bond donors (Lipinski definition) is 2. The molecule has 7 nitrogen and oxygen atoms in total. The fraction of sp³-hybridized carbons (Fsp3) is 0.212. The Morgan fingerprint density at radius 3 is 2.15 bits per heavy atom. The summed E-state index contributed by atoms with van der Waals surface area (Å²) in [4.78, 5) is 8.28. The molecular formula is C33H31FN4O3. The molecule has 2 aromatic heterocycles. The van der Waals surface area contributed by atoms with Crippen LogP contribution in [0.3, 0.4) is 0 Å². The molecule has 0 aliphatic heterocycles. The number of anilines is 1. The van der Waals surface area contributed by atoms with E-state index in [0.29, 0.717) is 5.65 Å². The average molecular weight is 551 g/mol. The number of rotatable bonds is 9. The van der Waals surface area contributed by atoms with Gasteiger partial charge in [0, 0.05) is 18.0 Å². The topological polar surface area (TPSA) is 95.4 Å². The van der Waals surface area contributed by atoms with Crippen molar-refractivity contribution in [2.75, 3.05) is 26.1 Å². The molecule has 3 atom stereocenters. The lowest BCUT2D eigenvalue weighted by molar-refractivity contribution is -0.0502. The summed E-state index contributed by atoms with van der Waals surface area (Å²) in [5, 5.41) is 10.5. The molecule has 5 aromatic rings. The van der Waals surface area contributed by atoms with Gasteiger partial charge in [0.25, 0.3) is 0 Å². The molecule has 1 aliphatic carbocycles. The largest absolute Gasteiger partial charge is 0.497 e. The van der Waals surface area contributed by atoms with Gasteiger partial charge in [-0.3, -0.25) is 0 Å². The molecule has 0 saturated heterocycles. The van der Waals surface area contributed by atoms with E-state index in [1.165, 1.54) is 12.5 Å². The molecule has 1 aliphatic rings. The first-order valence-corrected chi connectivity index (χ1v) is 13.4. The van der Waals surface area contributed by atoms with Crippen LogP contribution in [0.4, 0.5) is 10.2 Å². The first-order valence-electron chi connectivity index (χ1n) is 13.4. The second-order valence-electron chi connectivity index (χ2n) is 10.3. The summed E-state index contributed by atoms with van der Waals surface area (Å²) in [7, 11) is 1.64. The number of aliphatic hydroxyl groups excluding tert-OH is 1. The summed E-state index contributed by atoms with van der Waals surface area (Å²) in [5.41, 5.74) is 8.99. The van der Waals surface area contributed by atoms with Crippen LogP contribution in [0.2, 0.25) is 0 Å². The summed E-state index contributed by atoms with van der Waals surface area (Å²) in [6.45, 7) is 4.39. The zero-order valence-electron chi connectivity index (χ0n) is 22.7. The van der Waals surface area contributed by atoms with Crippen molar-refractivity contribution >= 4 is 16.9 Å². The molecule has 0 bridgehead atoms. The highest BCUT2D eigenvalue weighted by Crippen LogP contribution is 2.51. The van der Waals surface area contributed by atoms with Crippen LogP contribution in [-0.2, 0) is 10.3 Å². The number of nitrogen functional groups attached to an aromatic ring is 1. The molecule has 1 saturated carbocycles. The number of ether oxygens (including phenoxy) is 2. The monoisotopic (exact) mass is 550 g/mol. The zero-order chi connectivity index (χ0) is 28.6. The minimum atomic E-state index is -0.979. The Morgan fingerprint density at radius 2 is 1.56 bits per heavy atom. The van der Waals surface area contributed by atoms with Crippen molar-refractivity contribution in [2.45, 2.75) is 11.6 Å². The van der Waals surface area contributed by atoms with E-state index in [-0.39, 0.29) is 42.3 Å². The van der Waals surface area contributed by atoms with Crippen molar-refractivity contribution in [3.63, 3.8) is 0 Å². The number of aromatic nitrogens is 3. The molecule has 1 fully saturated rings. The van der Waals surface area contributed by atoms with E-state index >= 15 is 4.39 Å². The predicted octanol–water partition coefficient (Wildman–Crippen LogP) is 5.51. The number of hydrogen-bond acceptors (Lipinski definition) is 6. The van der Waals surface area contributed by atoms with Gasteiger partial charge in [-0.25, -0.2) is 14.4 Å². The molecule has 0 radical (unpaired) electrons. The summed E-state index contributed by atoms with van der Waals surface area (Å²) >= 11 is 0. The van der Waals surface area contributed by atoms with Gasteiger partial charge in [0.2, 0.25) is 0 Å². The normalized spacial score (nSPS) is 18.8. The molecule has 41 heavy (non-hydrogen) atoms. The second-order valence-corrected chi connectivity index (χ2v) is 10.3. The molecule has 3 aromatic carbocycles. The Morgan fingerprint density at radius 1 is 0.951 bits per heavy atom. The fourth-order valence-electron chi connectivity index (χ4n) is 6.13. The van der Waals surface area contributed by atoms with Crippen LogP contribution in [-0.4, -0.2) is 40.0 Å². The Labute approximate surface area is 237 Å². The molecule has 0 spiro atoms. The maximum atomic E-state index is 15.0.